The Balaban J connectivity index is 3.09. The van der Waals surface area contributed by atoms with Gasteiger partial charge in [-0.1, -0.05) is 60.8 Å². The summed E-state index contributed by atoms with van der Waals surface area (Å²) in [5, 5.41) is 0. The largest absolute Gasteiger partial charge is 0.376 e. The van der Waals surface area contributed by atoms with Gasteiger partial charge in [0.1, 0.15) is 5.60 Å². The van der Waals surface area contributed by atoms with Crippen molar-refractivity contribution >= 4 is 0 Å². The standard InChI is InChI=1S/C17H34O2/c1-7-9-11-16(6,10-8-2)17(15(3,4)5)14-18-12-13-19-17/h7-14H2,1-6H3. The molecular weight excluding hydrogens is 236 g/mol. The van der Waals surface area contributed by atoms with Crippen LogP contribution in [0.4, 0.5) is 0 Å². The van der Waals surface area contributed by atoms with Crippen molar-refractivity contribution in [3.63, 3.8) is 0 Å². The molecule has 1 saturated heterocycles. The van der Waals surface area contributed by atoms with E-state index in [4.69, 9.17) is 9.47 Å². The molecule has 0 radical (unpaired) electrons. The van der Waals surface area contributed by atoms with Crippen molar-refractivity contribution in [3.05, 3.63) is 0 Å². The normalized spacial score (nSPS) is 28.1. The van der Waals surface area contributed by atoms with Gasteiger partial charge < -0.3 is 9.47 Å². The topological polar surface area (TPSA) is 18.5 Å². The minimum Gasteiger partial charge on any atom is -0.376 e. The number of rotatable bonds is 6. The Morgan fingerprint density at radius 3 is 2.05 bits per heavy atom. The summed E-state index contributed by atoms with van der Waals surface area (Å²) in [6.07, 6.45) is 6.19. The van der Waals surface area contributed by atoms with E-state index >= 15 is 0 Å². The monoisotopic (exact) mass is 270 g/mol. The molecule has 114 valence electrons. The molecule has 0 bridgehead atoms. The first-order valence-electron chi connectivity index (χ1n) is 8.05. The van der Waals surface area contributed by atoms with E-state index in [1.807, 2.05) is 0 Å². The van der Waals surface area contributed by atoms with Gasteiger partial charge in [0.2, 0.25) is 0 Å². The molecule has 0 amide bonds. The van der Waals surface area contributed by atoms with Gasteiger partial charge in [-0.15, -0.1) is 0 Å². The molecule has 1 heterocycles. The lowest BCUT2D eigenvalue weighted by atomic mass is 9.57. The van der Waals surface area contributed by atoms with Crippen LogP contribution in [0.3, 0.4) is 0 Å². The van der Waals surface area contributed by atoms with Crippen molar-refractivity contribution in [1.29, 1.82) is 0 Å². The first kappa shape index (κ1) is 17.0. The molecule has 0 aromatic rings. The number of hydrogen-bond donors (Lipinski definition) is 0. The van der Waals surface area contributed by atoms with E-state index in [9.17, 15) is 0 Å². The predicted molar refractivity (Wildman–Crippen MR) is 81.5 cm³/mol. The van der Waals surface area contributed by atoms with Gasteiger partial charge in [0, 0.05) is 0 Å². The van der Waals surface area contributed by atoms with Crippen molar-refractivity contribution in [1.82, 2.24) is 0 Å². The Hall–Kier alpha value is -0.0800. The Bertz CT molecular complexity index is 261. The van der Waals surface area contributed by atoms with E-state index in [-0.39, 0.29) is 16.4 Å². The molecule has 1 aliphatic heterocycles. The Morgan fingerprint density at radius 1 is 0.947 bits per heavy atom. The molecule has 0 aliphatic carbocycles. The molecule has 0 saturated carbocycles. The molecule has 2 nitrogen and oxygen atoms in total. The Kier molecular flexibility index (Phi) is 5.88. The summed E-state index contributed by atoms with van der Waals surface area (Å²) >= 11 is 0. The SMILES string of the molecule is CCCCC(C)(CCC)C1(C(C)(C)C)COCCO1. The summed E-state index contributed by atoms with van der Waals surface area (Å²) < 4.78 is 12.3. The summed E-state index contributed by atoms with van der Waals surface area (Å²) in [7, 11) is 0. The average Bonchev–Trinajstić information content (AvgIpc) is 2.36. The third-order valence-electron chi connectivity index (χ3n) is 4.95. The third-order valence-corrected chi connectivity index (χ3v) is 4.95. The minimum absolute atomic E-state index is 0.102. The summed E-state index contributed by atoms with van der Waals surface area (Å²) in [6.45, 7) is 16.1. The van der Waals surface area contributed by atoms with Crippen LogP contribution < -0.4 is 0 Å². The molecule has 1 aliphatic rings. The summed E-state index contributed by atoms with van der Waals surface area (Å²) in [5.41, 5.74) is 0.158. The molecular formula is C17H34O2. The first-order valence-corrected chi connectivity index (χ1v) is 8.05. The van der Waals surface area contributed by atoms with E-state index in [1.54, 1.807) is 0 Å². The van der Waals surface area contributed by atoms with E-state index in [2.05, 4.69) is 41.5 Å². The molecule has 0 N–H and O–H groups in total. The fourth-order valence-corrected chi connectivity index (χ4v) is 3.87. The zero-order valence-corrected chi connectivity index (χ0v) is 14.0. The van der Waals surface area contributed by atoms with Gasteiger partial charge in [-0.25, -0.2) is 0 Å². The summed E-state index contributed by atoms with van der Waals surface area (Å²) in [4.78, 5) is 0. The maximum absolute atomic E-state index is 6.42. The quantitative estimate of drug-likeness (QED) is 0.689. The number of hydrogen-bond acceptors (Lipinski definition) is 2. The second-order valence-electron chi connectivity index (χ2n) is 7.39. The van der Waals surface area contributed by atoms with Gasteiger partial charge in [-0.3, -0.25) is 0 Å². The highest BCUT2D eigenvalue weighted by Gasteiger charge is 2.56. The van der Waals surface area contributed by atoms with Crippen molar-refractivity contribution in [3.8, 4) is 0 Å². The summed E-state index contributed by atoms with van der Waals surface area (Å²) in [5.74, 6) is 0. The van der Waals surface area contributed by atoms with Crippen LogP contribution in [0.15, 0.2) is 0 Å². The van der Waals surface area contributed by atoms with E-state index < -0.39 is 0 Å². The van der Waals surface area contributed by atoms with Gasteiger partial charge in [0.25, 0.3) is 0 Å². The number of ether oxygens (including phenoxy) is 2. The van der Waals surface area contributed by atoms with Crippen LogP contribution in [0.2, 0.25) is 0 Å². The van der Waals surface area contributed by atoms with Gasteiger partial charge in [-0.2, -0.15) is 0 Å². The molecule has 2 heteroatoms. The van der Waals surface area contributed by atoms with Crippen molar-refractivity contribution in [2.24, 2.45) is 10.8 Å². The third kappa shape index (κ3) is 3.33. The molecule has 0 aromatic carbocycles. The Morgan fingerprint density at radius 2 is 1.63 bits per heavy atom. The van der Waals surface area contributed by atoms with Crippen LogP contribution in [-0.2, 0) is 9.47 Å². The highest BCUT2D eigenvalue weighted by atomic mass is 16.6. The smallest absolute Gasteiger partial charge is 0.102 e. The predicted octanol–water partition coefficient (Wildman–Crippen LogP) is 4.81. The lowest BCUT2D eigenvalue weighted by molar-refractivity contribution is -0.260. The zero-order chi connectivity index (χ0) is 14.6. The van der Waals surface area contributed by atoms with Crippen LogP contribution in [0, 0.1) is 10.8 Å². The summed E-state index contributed by atoms with van der Waals surface area (Å²) in [6, 6.07) is 0. The van der Waals surface area contributed by atoms with E-state index in [1.165, 1.54) is 32.1 Å². The maximum Gasteiger partial charge on any atom is 0.102 e. The van der Waals surface area contributed by atoms with Gasteiger partial charge in [-0.05, 0) is 23.7 Å². The second kappa shape index (κ2) is 6.58. The zero-order valence-electron chi connectivity index (χ0n) is 14.0. The van der Waals surface area contributed by atoms with Gasteiger partial charge in [0.15, 0.2) is 0 Å². The Labute approximate surface area is 120 Å². The van der Waals surface area contributed by atoms with Crippen LogP contribution >= 0.6 is 0 Å². The van der Waals surface area contributed by atoms with Crippen LogP contribution in [0.25, 0.3) is 0 Å². The van der Waals surface area contributed by atoms with Crippen LogP contribution in [0.5, 0.6) is 0 Å². The molecule has 1 rings (SSSR count). The van der Waals surface area contributed by atoms with Crippen LogP contribution in [0.1, 0.15) is 73.6 Å². The lowest BCUT2D eigenvalue weighted by Crippen LogP contribution is -2.62. The molecule has 2 unspecified atom stereocenters. The van der Waals surface area contributed by atoms with E-state index in [0.29, 0.717) is 0 Å². The molecule has 0 aromatic heterocycles. The van der Waals surface area contributed by atoms with Gasteiger partial charge >= 0.3 is 0 Å². The highest BCUT2D eigenvalue weighted by Crippen LogP contribution is 2.53. The molecule has 2 atom stereocenters. The van der Waals surface area contributed by atoms with Crippen molar-refractivity contribution in [2.75, 3.05) is 19.8 Å². The second-order valence-corrected chi connectivity index (χ2v) is 7.39. The highest BCUT2D eigenvalue weighted by molar-refractivity contribution is 5.05. The van der Waals surface area contributed by atoms with Gasteiger partial charge in [0.05, 0.1) is 19.8 Å². The van der Waals surface area contributed by atoms with Crippen LogP contribution in [-0.4, -0.2) is 25.4 Å². The fourth-order valence-electron chi connectivity index (χ4n) is 3.87. The van der Waals surface area contributed by atoms with Crippen molar-refractivity contribution < 1.29 is 9.47 Å². The average molecular weight is 270 g/mol. The molecule has 0 spiro atoms. The fraction of sp³-hybridized carbons (Fsp3) is 1.00. The molecule has 1 fully saturated rings. The number of unbranched alkanes of at least 4 members (excludes halogenated alkanes) is 1. The minimum atomic E-state index is -0.149. The lowest BCUT2D eigenvalue weighted by Gasteiger charge is -2.57. The first-order chi connectivity index (χ1) is 8.83. The van der Waals surface area contributed by atoms with Crippen molar-refractivity contribution in [2.45, 2.75) is 79.2 Å². The molecule has 19 heavy (non-hydrogen) atoms. The maximum atomic E-state index is 6.42. The van der Waals surface area contributed by atoms with E-state index in [0.717, 1.165) is 19.8 Å².